The van der Waals surface area contributed by atoms with Gasteiger partial charge in [0.25, 0.3) is 10.0 Å². The van der Waals surface area contributed by atoms with Gasteiger partial charge in [0.05, 0.1) is 16.6 Å². The molecule has 0 amide bonds. The van der Waals surface area contributed by atoms with Crippen molar-refractivity contribution < 1.29 is 12.8 Å². The molecule has 3 aromatic carbocycles. The van der Waals surface area contributed by atoms with Crippen molar-refractivity contribution in [1.29, 1.82) is 0 Å². The van der Waals surface area contributed by atoms with E-state index in [0.717, 1.165) is 15.5 Å². The highest BCUT2D eigenvalue weighted by Gasteiger charge is 2.37. The van der Waals surface area contributed by atoms with Crippen LogP contribution in [0.2, 0.25) is 5.02 Å². The van der Waals surface area contributed by atoms with Gasteiger partial charge >= 0.3 is 0 Å². The third-order valence-electron chi connectivity index (χ3n) is 4.87. The minimum absolute atomic E-state index is 0.0999. The largest absolute Gasteiger partial charge is 0.279 e. The monoisotopic (exact) mass is 428 g/mol. The molecule has 0 bridgehead atoms. The fraction of sp³-hybridized carbons (Fsp3) is 0.136. The summed E-state index contributed by atoms with van der Waals surface area (Å²) in [5.41, 5.74) is 3.30. The molecule has 4 nitrogen and oxygen atoms in total. The minimum Gasteiger partial charge on any atom is -0.207 e. The number of sulfonamides is 1. The molecule has 4 rings (SSSR count). The van der Waals surface area contributed by atoms with E-state index in [4.69, 9.17) is 11.6 Å². The lowest BCUT2D eigenvalue weighted by Gasteiger charge is -2.23. The number of aryl methyl sites for hydroxylation is 1. The number of benzene rings is 3. The second-order valence-electron chi connectivity index (χ2n) is 6.92. The Morgan fingerprint density at radius 1 is 0.966 bits per heavy atom. The molecule has 0 saturated heterocycles. The summed E-state index contributed by atoms with van der Waals surface area (Å²) in [6.07, 6.45) is 0.390. The zero-order valence-corrected chi connectivity index (χ0v) is 17.2. The van der Waals surface area contributed by atoms with Gasteiger partial charge in [-0.1, -0.05) is 53.6 Å². The van der Waals surface area contributed by atoms with Crippen molar-refractivity contribution in [3.05, 3.63) is 100 Å². The first-order chi connectivity index (χ1) is 13.8. The fourth-order valence-electron chi connectivity index (χ4n) is 3.28. The molecule has 0 spiro atoms. The zero-order chi connectivity index (χ0) is 20.6. The van der Waals surface area contributed by atoms with Gasteiger partial charge in [-0.2, -0.15) is 17.9 Å². The number of hydrogen-bond donors (Lipinski definition) is 0. The summed E-state index contributed by atoms with van der Waals surface area (Å²) in [6.45, 7) is 1.98. The highest BCUT2D eigenvalue weighted by Crippen LogP contribution is 2.37. The molecule has 1 atom stereocenters. The Bertz CT molecular complexity index is 1160. The molecule has 1 heterocycles. The molecule has 0 N–H and O–H groups in total. The maximum atomic E-state index is 13.4. The molecule has 1 unspecified atom stereocenters. The van der Waals surface area contributed by atoms with Gasteiger partial charge in [0.1, 0.15) is 5.82 Å². The maximum absolute atomic E-state index is 13.4. The van der Waals surface area contributed by atoms with Gasteiger partial charge < -0.3 is 0 Å². The summed E-state index contributed by atoms with van der Waals surface area (Å²) in [7, 11) is -3.92. The highest BCUT2D eigenvalue weighted by atomic mass is 35.5. The zero-order valence-electron chi connectivity index (χ0n) is 15.6. The van der Waals surface area contributed by atoms with Gasteiger partial charge in [-0.05, 0) is 54.4 Å². The van der Waals surface area contributed by atoms with Gasteiger partial charge in [-0.25, -0.2) is 4.39 Å². The highest BCUT2D eigenvalue weighted by molar-refractivity contribution is 7.89. The number of hydrogen-bond acceptors (Lipinski definition) is 3. The number of hydrazone groups is 1. The van der Waals surface area contributed by atoms with Crippen molar-refractivity contribution in [1.82, 2.24) is 4.41 Å². The molecular weight excluding hydrogens is 411 g/mol. The second-order valence-corrected chi connectivity index (χ2v) is 9.15. The quantitative estimate of drug-likeness (QED) is 0.564. The van der Waals surface area contributed by atoms with E-state index in [1.807, 2.05) is 31.2 Å². The third-order valence-corrected chi connectivity index (χ3v) is 6.82. The Hall–Kier alpha value is -2.70. The lowest BCUT2D eigenvalue weighted by Crippen LogP contribution is -2.27. The molecule has 1 aliphatic rings. The molecule has 1 aliphatic heterocycles. The predicted molar refractivity (Wildman–Crippen MR) is 112 cm³/mol. The van der Waals surface area contributed by atoms with Gasteiger partial charge in [0.2, 0.25) is 0 Å². The molecular formula is C22H18ClFN2O2S. The maximum Gasteiger partial charge on any atom is 0.279 e. The Kier molecular flexibility index (Phi) is 5.15. The lowest BCUT2D eigenvalue weighted by atomic mass is 9.99. The smallest absolute Gasteiger partial charge is 0.207 e. The van der Waals surface area contributed by atoms with Crippen molar-refractivity contribution >= 4 is 27.3 Å². The first kappa shape index (κ1) is 19.6. The third kappa shape index (κ3) is 3.91. The van der Waals surface area contributed by atoms with Crippen LogP contribution >= 0.6 is 11.6 Å². The Morgan fingerprint density at radius 3 is 2.21 bits per heavy atom. The average Bonchev–Trinajstić information content (AvgIpc) is 3.16. The Morgan fingerprint density at radius 2 is 1.59 bits per heavy atom. The normalized spacial score (nSPS) is 16.7. The van der Waals surface area contributed by atoms with E-state index in [-0.39, 0.29) is 10.7 Å². The first-order valence-corrected chi connectivity index (χ1v) is 10.9. The molecule has 0 saturated carbocycles. The Balaban J connectivity index is 1.79. The van der Waals surface area contributed by atoms with Gasteiger partial charge in [-0.3, -0.25) is 0 Å². The molecule has 0 radical (unpaired) electrons. The molecule has 148 valence electrons. The van der Waals surface area contributed by atoms with Crippen LogP contribution in [0, 0.1) is 12.7 Å². The van der Waals surface area contributed by atoms with Crippen molar-refractivity contribution in [2.45, 2.75) is 24.3 Å². The summed E-state index contributed by atoms with van der Waals surface area (Å²) >= 11 is 5.91. The van der Waals surface area contributed by atoms with Crippen LogP contribution in [0.3, 0.4) is 0 Å². The summed E-state index contributed by atoms with van der Waals surface area (Å²) in [4.78, 5) is 0.0999. The second kappa shape index (κ2) is 7.61. The van der Waals surface area contributed by atoms with Crippen molar-refractivity contribution in [3.8, 4) is 0 Å². The predicted octanol–water partition coefficient (Wildman–Crippen LogP) is 5.33. The number of rotatable bonds is 4. The summed E-state index contributed by atoms with van der Waals surface area (Å²) in [5, 5.41) is 4.92. The van der Waals surface area contributed by atoms with Crippen LogP contribution in [-0.2, 0) is 10.0 Å². The molecule has 7 heteroatoms. The summed E-state index contributed by atoms with van der Waals surface area (Å²) in [5.74, 6) is -0.376. The SMILES string of the molecule is Cc1ccc(C2=NN(S(=O)(=O)c3ccc(Cl)cc3)C(c3ccc(F)cc3)C2)cc1. The molecule has 3 aromatic rings. The fourth-order valence-corrected chi connectivity index (χ4v) is 4.84. The molecule has 0 aromatic heterocycles. The molecule has 29 heavy (non-hydrogen) atoms. The average molecular weight is 429 g/mol. The molecule has 0 fully saturated rings. The van der Waals surface area contributed by atoms with Crippen LogP contribution < -0.4 is 0 Å². The van der Waals surface area contributed by atoms with Crippen LogP contribution in [0.5, 0.6) is 0 Å². The van der Waals surface area contributed by atoms with E-state index in [2.05, 4.69) is 5.10 Å². The van der Waals surface area contributed by atoms with Crippen LogP contribution in [0.25, 0.3) is 0 Å². The lowest BCUT2D eigenvalue weighted by molar-refractivity contribution is 0.371. The standard InChI is InChI=1S/C22H18ClFN2O2S/c1-15-2-4-16(5-3-15)21-14-22(17-6-10-19(24)11-7-17)26(25-21)29(27,28)20-12-8-18(23)9-13-20/h2-13,22H,14H2,1H3. The van der Waals surface area contributed by atoms with Crippen molar-refractivity contribution in [2.24, 2.45) is 5.10 Å². The number of nitrogens with zero attached hydrogens (tertiary/aromatic N) is 2. The van der Waals surface area contributed by atoms with Crippen molar-refractivity contribution in [3.63, 3.8) is 0 Å². The van der Waals surface area contributed by atoms with E-state index in [1.165, 1.54) is 36.4 Å². The summed E-state index contributed by atoms with van der Waals surface area (Å²) < 4.78 is 41.2. The molecule has 0 aliphatic carbocycles. The van der Waals surface area contributed by atoms with E-state index in [1.54, 1.807) is 12.1 Å². The van der Waals surface area contributed by atoms with Crippen molar-refractivity contribution in [2.75, 3.05) is 0 Å². The van der Waals surface area contributed by atoms with Gasteiger partial charge in [-0.15, -0.1) is 0 Å². The van der Waals surface area contributed by atoms with E-state index < -0.39 is 16.1 Å². The summed E-state index contributed by atoms with van der Waals surface area (Å²) in [6, 6.07) is 19.0. The van der Waals surface area contributed by atoms with E-state index in [0.29, 0.717) is 22.7 Å². The van der Waals surface area contributed by atoms with Gasteiger partial charge in [0.15, 0.2) is 0 Å². The topological polar surface area (TPSA) is 49.7 Å². The van der Waals surface area contributed by atoms with E-state index >= 15 is 0 Å². The minimum atomic E-state index is -3.92. The number of halogens is 2. The van der Waals surface area contributed by atoms with Crippen LogP contribution in [0.1, 0.15) is 29.2 Å². The Labute approximate surface area is 174 Å². The van der Waals surface area contributed by atoms with Gasteiger partial charge in [0, 0.05) is 11.4 Å². The van der Waals surface area contributed by atoms with Crippen LogP contribution in [0.15, 0.2) is 82.8 Å². The van der Waals surface area contributed by atoms with Crippen LogP contribution in [-0.4, -0.2) is 18.5 Å². The van der Waals surface area contributed by atoms with E-state index in [9.17, 15) is 12.8 Å². The first-order valence-electron chi connectivity index (χ1n) is 9.04. The van der Waals surface area contributed by atoms with Crippen LogP contribution in [0.4, 0.5) is 4.39 Å².